The number of carbonyl (C=O) groups is 1. The van der Waals surface area contributed by atoms with Crippen LogP contribution in [-0.4, -0.2) is 17.2 Å². The minimum Gasteiger partial charge on any atom is -0.479 e. The minimum atomic E-state index is -1.02. The van der Waals surface area contributed by atoms with E-state index < -0.39 is 12.1 Å². The molecule has 0 saturated heterocycles. The zero-order chi connectivity index (χ0) is 11.4. The van der Waals surface area contributed by atoms with E-state index in [1.54, 1.807) is 12.1 Å². The van der Waals surface area contributed by atoms with Gasteiger partial charge in [0, 0.05) is 5.33 Å². The largest absolute Gasteiger partial charge is 0.479 e. The highest BCUT2D eigenvalue weighted by molar-refractivity contribution is 9.08. The summed E-state index contributed by atoms with van der Waals surface area (Å²) in [5, 5.41) is 9.73. The van der Waals surface area contributed by atoms with Gasteiger partial charge in [-0.1, -0.05) is 39.7 Å². The van der Waals surface area contributed by atoms with E-state index >= 15 is 0 Å². The lowest BCUT2D eigenvalue weighted by molar-refractivity contribution is -0.144. The molecule has 0 amide bonds. The van der Waals surface area contributed by atoms with Gasteiger partial charge in [0.2, 0.25) is 0 Å². The van der Waals surface area contributed by atoms with Gasteiger partial charge >= 0.3 is 5.97 Å². The van der Waals surface area contributed by atoms with Crippen LogP contribution in [0.25, 0.3) is 0 Å². The highest BCUT2D eigenvalue weighted by Gasteiger charge is 2.15. The number of carboxylic acid groups (broad SMARTS) is 1. The van der Waals surface area contributed by atoms with Crippen LogP contribution in [0.3, 0.4) is 0 Å². The number of hydrogen-bond donors (Lipinski definition) is 1. The predicted octanol–water partition coefficient (Wildman–Crippen LogP) is 3.09. The lowest BCUT2D eigenvalue weighted by atomic mass is 10.2. The number of halogens is 2. The number of ether oxygens (including phenoxy) is 1. The Balaban J connectivity index is 2.90. The number of aliphatic carboxylic acids is 1. The van der Waals surface area contributed by atoms with E-state index in [9.17, 15) is 4.79 Å². The quantitative estimate of drug-likeness (QED) is 0.868. The molecule has 1 rings (SSSR count). The monoisotopic (exact) mass is 292 g/mol. The molecule has 1 aromatic rings. The molecule has 1 N–H and O–H groups in total. The van der Waals surface area contributed by atoms with Gasteiger partial charge in [0.15, 0.2) is 6.10 Å². The number of hydrogen-bond acceptors (Lipinski definition) is 2. The first kappa shape index (κ1) is 12.3. The first-order valence-electron chi connectivity index (χ1n) is 4.29. The second kappa shape index (κ2) is 5.37. The molecule has 15 heavy (non-hydrogen) atoms. The number of carboxylic acids is 1. The molecule has 82 valence electrons. The maximum Gasteiger partial charge on any atom is 0.344 e. The van der Waals surface area contributed by atoms with Crippen molar-refractivity contribution in [2.75, 3.05) is 0 Å². The Labute approximate surface area is 101 Å². The topological polar surface area (TPSA) is 46.5 Å². The van der Waals surface area contributed by atoms with Crippen LogP contribution in [0.5, 0.6) is 5.75 Å². The molecule has 0 aromatic heterocycles. The Kier molecular flexibility index (Phi) is 4.42. The Morgan fingerprint density at radius 3 is 2.87 bits per heavy atom. The van der Waals surface area contributed by atoms with Crippen LogP contribution in [0.1, 0.15) is 12.5 Å². The van der Waals surface area contributed by atoms with E-state index in [4.69, 9.17) is 21.4 Å². The Bertz CT molecular complexity index is 368. The first-order valence-corrected chi connectivity index (χ1v) is 5.79. The molecule has 0 fully saturated rings. The standard InChI is InChI=1S/C10H10BrClO3/c1-6(10(13)14)15-8-4-2-3-7(5-11)9(8)12/h2-4,6H,5H2,1H3,(H,13,14). The SMILES string of the molecule is CC(Oc1cccc(CBr)c1Cl)C(=O)O. The first-order chi connectivity index (χ1) is 7.06. The summed E-state index contributed by atoms with van der Waals surface area (Å²) in [7, 11) is 0. The zero-order valence-corrected chi connectivity index (χ0v) is 10.4. The van der Waals surface area contributed by atoms with Crippen LogP contribution in [0.15, 0.2) is 18.2 Å². The molecule has 0 aliphatic carbocycles. The smallest absolute Gasteiger partial charge is 0.344 e. The average molecular weight is 294 g/mol. The van der Waals surface area contributed by atoms with Crippen LogP contribution in [0.2, 0.25) is 5.02 Å². The van der Waals surface area contributed by atoms with Crippen LogP contribution in [-0.2, 0) is 10.1 Å². The van der Waals surface area contributed by atoms with Crippen LogP contribution < -0.4 is 4.74 Å². The van der Waals surface area contributed by atoms with Crippen LogP contribution in [0, 0.1) is 0 Å². The van der Waals surface area contributed by atoms with E-state index in [1.165, 1.54) is 6.92 Å². The van der Waals surface area contributed by atoms with Crippen molar-refractivity contribution in [1.82, 2.24) is 0 Å². The molecule has 0 bridgehead atoms. The maximum atomic E-state index is 10.6. The van der Waals surface area contributed by atoms with Gasteiger partial charge in [-0.2, -0.15) is 0 Å². The van der Waals surface area contributed by atoms with Crippen LogP contribution in [0.4, 0.5) is 0 Å². The molecule has 1 aromatic carbocycles. The fraction of sp³-hybridized carbons (Fsp3) is 0.300. The summed E-state index contributed by atoms with van der Waals surface area (Å²) in [6.07, 6.45) is -0.909. The van der Waals surface area contributed by atoms with E-state index in [2.05, 4.69) is 15.9 Å². The van der Waals surface area contributed by atoms with Crippen molar-refractivity contribution in [2.45, 2.75) is 18.4 Å². The van der Waals surface area contributed by atoms with E-state index in [0.717, 1.165) is 5.56 Å². The van der Waals surface area contributed by atoms with Gasteiger partial charge in [-0.3, -0.25) is 0 Å². The van der Waals surface area contributed by atoms with Crippen molar-refractivity contribution in [3.8, 4) is 5.75 Å². The summed E-state index contributed by atoms with van der Waals surface area (Å²) in [5.41, 5.74) is 0.867. The summed E-state index contributed by atoms with van der Waals surface area (Å²) in [4.78, 5) is 10.6. The lowest BCUT2D eigenvalue weighted by Gasteiger charge is -2.13. The summed E-state index contributed by atoms with van der Waals surface area (Å²) in [6, 6.07) is 5.26. The lowest BCUT2D eigenvalue weighted by Crippen LogP contribution is -2.23. The second-order valence-electron chi connectivity index (χ2n) is 2.96. The number of benzene rings is 1. The van der Waals surface area contributed by atoms with Crippen molar-refractivity contribution >= 4 is 33.5 Å². The summed E-state index contributed by atoms with van der Waals surface area (Å²) in [6.45, 7) is 1.46. The van der Waals surface area contributed by atoms with Crippen LogP contribution >= 0.6 is 27.5 Å². The summed E-state index contributed by atoms with van der Waals surface area (Å²) in [5.74, 6) is -0.626. The van der Waals surface area contributed by atoms with E-state index in [1.807, 2.05) is 6.07 Å². The minimum absolute atomic E-state index is 0.392. The van der Waals surface area contributed by atoms with Crippen molar-refractivity contribution in [3.05, 3.63) is 28.8 Å². The average Bonchev–Trinajstić information content (AvgIpc) is 2.21. The molecule has 1 unspecified atom stereocenters. The highest BCUT2D eigenvalue weighted by atomic mass is 79.9. The Hall–Kier alpha value is -0.740. The third kappa shape index (κ3) is 3.11. The number of rotatable bonds is 4. The van der Waals surface area contributed by atoms with Crippen molar-refractivity contribution in [2.24, 2.45) is 0 Å². The molecular weight excluding hydrogens is 283 g/mol. The molecule has 0 spiro atoms. The molecule has 5 heteroatoms. The third-order valence-corrected chi connectivity index (χ3v) is 2.87. The summed E-state index contributed by atoms with van der Waals surface area (Å²) >= 11 is 9.29. The normalized spacial score (nSPS) is 12.2. The van der Waals surface area contributed by atoms with Gasteiger partial charge in [0.25, 0.3) is 0 Å². The fourth-order valence-electron chi connectivity index (χ4n) is 0.991. The fourth-order valence-corrected chi connectivity index (χ4v) is 1.86. The van der Waals surface area contributed by atoms with Gasteiger partial charge in [-0.15, -0.1) is 0 Å². The molecule has 0 aliphatic rings. The van der Waals surface area contributed by atoms with Gasteiger partial charge in [0.05, 0.1) is 5.02 Å². The molecule has 0 saturated carbocycles. The van der Waals surface area contributed by atoms with Gasteiger partial charge in [0.1, 0.15) is 5.75 Å². The van der Waals surface area contributed by atoms with Gasteiger partial charge in [-0.05, 0) is 18.6 Å². The molecule has 0 heterocycles. The Morgan fingerprint density at radius 1 is 1.67 bits per heavy atom. The maximum absolute atomic E-state index is 10.6. The molecular formula is C10H10BrClO3. The second-order valence-corrected chi connectivity index (χ2v) is 3.90. The molecule has 0 aliphatic heterocycles. The van der Waals surface area contributed by atoms with Crippen molar-refractivity contribution < 1.29 is 14.6 Å². The highest BCUT2D eigenvalue weighted by Crippen LogP contribution is 2.30. The van der Waals surface area contributed by atoms with Gasteiger partial charge < -0.3 is 9.84 Å². The van der Waals surface area contributed by atoms with Crippen molar-refractivity contribution in [3.63, 3.8) is 0 Å². The predicted molar refractivity (Wildman–Crippen MR) is 61.8 cm³/mol. The van der Waals surface area contributed by atoms with Crippen molar-refractivity contribution in [1.29, 1.82) is 0 Å². The number of alkyl halides is 1. The van der Waals surface area contributed by atoms with E-state index in [0.29, 0.717) is 16.1 Å². The zero-order valence-electron chi connectivity index (χ0n) is 8.04. The third-order valence-electron chi connectivity index (χ3n) is 1.84. The molecule has 1 atom stereocenters. The summed E-state index contributed by atoms with van der Waals surface area (Å²) < 4.78 is 5.20. The molecule has 3 nitrogen and oxygen atoms in total. The van der Waals surface area contributed by atoms with E-state index in [-0.39, 0.29) is 0 Å². The van der Waals surface area contributed by atoms with Gasteiger partial charge in [-0.25, -0.2) is 4.79 Å². The Morgan fingerprint density at radius 2 is 2.33 bits per heavy atom. The molecule has 0 radical (unpaired) electrons.